The van der Waals surface area contributed by atoms with Gasteiger partial charge in [-0.15, -0.1) is 0 Å². The number of ether oxygens (including phenoxy) is 3. The van der Waals surface area contributed by atoms with Crippen LogP contribution in [0.1, 0.15) is 22.6 Å². The third kappa shape index (κ3) is 5.34. The Kier molecular flexibility index (Phi) is 6.91. The molecule has 6 nitrogen and oxygen atoms in total. The zero-order chi connectivity index (χ0) is 23.0. The van der Waals surface area contributed by atoms with E-state index in [0.29, 0.717) is 5.75 Å². The molecule has 0 unspecified atom stereocenters. The highest BCUT2D eigenvalue weighted by molar-refractivity contribution is 5.79. The average molecular weight is 441 g/mol. The number of esters is 1. The monoisotopic (exact) mass is 441 g/mol. The predicted molar refractivity (Wildman–Crippen MR) is 124 cm³/mol. The standard InChI is InChI=1S/C27H23NO5/c1-31-26(29)18-32-20-14-12-19(13-15-20)7-6-16-28-27(30)33-17-25-23-10-4-2-8-21(23)22-9-3-5-11-24(22)25/h2-5,8-15,25H,16-18H2,1H3,(H,28,30). The van der Waals surface area contributed by atoms with Gasteiger partial charge >= 0.3 is 12.1 Å². The number of fused-ring (bicyclic) bond motifs is 3. The molecule has 0 saturated heterocycles. The number of methoxy groups -OCH3 is 1. The number of hydrogen-bond acceptors (Lipinski definition) is 5. The summed E-state index contributed by atoms with van der Waals surface area (Å²) in [5, 5.41) is 2.66. The number of carbonyl (C=O) groups excluding carboxylic acids is 2. The Labute approximate surface area is 192 Å². The molecule has 3 aromatic carbocycles. The smallest absolute Gasteiger partial charge is 0.407 e. The van der Waals surface area contributed by atoms with E-state index in [-0.39, 0.29) is 25.7 Å². The van der Waals surface area contributed by atoms with Crippen LogP contribution < -0.4 is 10.1 Å². The lowest BCUT2D eigenvalue weighted by molar-refractivity contribution is -0.142. The Bertz CT molecular complexity index is 1160. The van der Waals surface area contributed by atoms with E-state index in [1.54, 1.807) is 24.3 Å². The minimum absolute atomic E-state index is 0.0224. The molecule has 3 aromatic rings. The molecule has 6 heteroatoms. The Morgan fingerprint density at radius 2 is 1.55 bits per heavy atom. The van der Waals surface area contributed by atoms with Crippen molar-refractivity contribution in [2.24, 2.45) is 0 Å². The minimum Gasteiger partial charge on any atom is -0.482 e. The predicted octanol–water partition coefficient (Wildman–Crippen LogP) is 4.13. The second-order valence-electron chi connectivity index (χ2n) is 7.37. The van der Waals surface area contributed by atoms with Crippen LogP contribution >= 0.6 is 0 Å². The number of nitrogens with one attached hydrogen (secondary N) is 1. The zero-order valence-electron chi connectivity index (χ0n) is 18.2. The first kappa shape index (κ1) is 22.0. The van der Waals surface area contributed by atoms with E-state index in [1.807, 2.05) is 24.3 Å². The number of hydrogen-bond donors (Lipinski definition) is 1. The van der Waals surface area contributed by atoms with Gasteiger partial charge in [-0.05, 0) is 46.5 Å². The molecule has 0 fully saturated rings. The Morgan fingerprint density at radius 1 is 0.909 bits per heavy atom. The first-order valence-corrected chi connectivity index (χ1v) is 10.5. The fraction of sp³-hybridized carbons (Fsp3) is 0.185. The van der Waals surface area contributed by atoms with Crippen molar-refractivity contribution in [1.29, 1.82) is 0 Å². The lowest BCUT2D eigenvalue weighted by atomic mass is 9.98. The first-order valence-electron chi connectivity index (χ1n) is 10.5. The molecule has 0 bridgehead atoms. The topological polar surface area (TPSA) is 73.9 Å². The van der Waals surface area contributed by atoms with Gasteiger partial charge in [0.05, 0.1) is 13.7 Å². The summed E-state index contributed by atoms with van der Waals surface area (Å²) >= 11 is 0. The largest absolute Gasteiger partial charge is 0.482 e. The van der Waals surface area contributed by atoms with Crippen molar-refractivity contribution >= 4 is 12.1 Å². The molecule has 4 rings (SSSR count). The number of alkyl carbamates (subject to hydrolysis) is 1. The summed E-state index contributed by atoms with van der Waals surface area (Å²) in [6.45, 7) is 0.281. The van der Waals surface area contributed by atoms with Gasteiger partial charge in [0.2, 0.25) is 0 Å². The molecule has 0 radical (unpaired) electrons. The van der Waals surface area contributed by atoms with Crippen LogP contribution in [0.3, 0.4) is 0 Å². The second kappa shape index (κ2) is 10.4. The van der Waals surface area contributed by atoms with Crippen molar-refractivity contribution in [1.82, 2.24) is 5.32 Å². The SMILES string of the molecule is COC(=O)COc1ccc(C#CCNC(=O)OCC2c3ccccc3-c3ccccc32)cc1. The van der Waals surface area contributed by atoms with E-state index in [4.69, 9.17) is 9.47 Å². The third-order valence-corrected chi connectivity index (χ3v) is 5.34. The van der Waals surface area contributed by atoms with E-state index in [0.717, 1.165) is 5.56 Å². The molecular formula is C27H23NO5. The average Bonchev–Trinajstić information content (AvgIpc) is 3.18. The molecule has 1 aliphatic carbocycles. The van der Waals surface area contributed by atoms with Gasteiger partial charge in [0, 0.05) is 11.5 Å². The summed E-state index contributed by atoms with van der Waals surface area (Å²) in [5.74, 6) is 5.97. The van der Waals surface area contributed by atoms with Crippen LogP contribution in [0.4, 0.5) is 4.79 Å². The van der Waals surface area contributed by atoms with Crippen molar-refractivity contribution in [2.75, 3.05) is 26.9 Å². The maximum atomic E-state index is 12.2. The van der Waals surface area contributed by atoms with Crippen LogP contribution in [0.15, 0.2) is 72.8 Å². The van der Waals surface area contributed by atoms with Gasteiger partial charge in [-0.2, -0.15) is 0 Å². The summed E-state index contributed by atoms with van der Waals surface area (Å²) in [7, 11) is 1.31. The fourth-order valence-corrected chi connectivity index (χ4v) is 3.75. The van der Waals surface area contributed by atoms with Crippen molar-refractivity contribution in [2.45, 2.75) is 5.92 Å². The highest BCUT2D eigenvalue weighted by Crippen LogP contribution is 2.44. The Hall–Kier alpha value is -4.24. The van der Waals surface area contributed by atoms with E-state index in [9.17, 15) is 9.59 Å². The molecule has 33 heavy (non-hydrogen) atoms. The number of benzene rings is 3. The fourth-order valence-electron chi connectivity index (χ4n) is 3.75. The first-order chi connectivity index (χ1) is 16.2. The number of carbonyl (C=O) groups is 2. The third-order valence-electron chi connectivity index (χ3n) is 5.34. The van der Waals surface area contributed by atoms with Crippen molar-refractivity contribution in [3.63, 3.8) is 0 Å². The van der Waals surface area contributed by atoms with Gasteiger partial charge in [-0.1, -0.05) is 60.4 Å². The summed E-state index contributed by atoms with van der Waals surface area (Å²) < 4.78 is 15.3. The lowest BCUT2D eigenvalue weighted by Gasteiger charge is -2.14. The van der Waals surface area contributed by atoms with Gasteiger partial charge in [0.1, 0.15) is 12.4 Å². The van der Waals surface area contributed by atoms with Crippen LogP contribution in [0.2, 0.25) is 0 Å². The normalized spacial score (nSPS) is 11.4. The summed E-state index contributed by atoms with van der Waals surface area (Å²) in [6, 6.07) is 23.4. The van der Waals surface area contributed by atoms with E-state index >= 15 is 0 Å². The van der Waals surface area contributed by atoms with Crippen LogP contribution in [-0.4, -0.2) is 38.9 Å². The van der Waals surface area contributed by atoms with Crippen molar-refractivity contribution < 1.29 is 23.8 Å². The van der Waals surface area contributed by atoms with Crippen molar-refractivity contribution in [3.8, 4) is 28.7 Å². The van der Waals surface area contributed by atoms with Crippen LogP contribution in [0.5, 0.6) is 5.75 Å². The lowest BCUT2D eigenvalue weighted by Crippen LogP contribution is -2.26. The second-order valence-corrected chi connectivity index (χ2v) is 7.37. The van der Waals surface area contributed by atoms with Gasteiger partial charge in [-0.25, -0.2) is 9.59 Å². The number of amides is 1. The van der Waals surface area contributed by atoms with Crippen molar-refractivity contribution in [3.05, 3.63) is 89.5 Å². The van der Waals surface area contributed by atoms with Gasteiger partial charge in [0.25, 0.3) is 0 Å². The Morgan fingerprint density at radius 3 is 2.18 bits per heavy atom. The molecule has 1 amide bonds. The minimum atomic E-state index is -0.502. The quantitative estimate of drug-likeness (QED) is 0.460. The molecule has 0 aliphatic heterocycles. The number of rotatable bonds is 6. The molecule has 0 aromatic heterocycles. The molecule has 0 atom stereocenters. The molecule has 166 valence electrons. The summed E-state index contributed by atoms with van der Waals surface area (Å²) in [6.07, 6.45) is -0.502. The summed E-state index contributed by atoms with van der Waals surface area (Å²) in [5.41, 5.74) is 5.48. The van der Waals surface area contributed by atoms with E-state index < -0.39 is 12.1 Å². The van der Waals surface area contributed by atoms with Crippen LogP contribution in [-0.2, 0) is 14.3 Å². The van der Waals surface area contributed by atoms with Gasteiger partial charge in [0.15, 0.2) is 6.61 Å². The highest BCUT2D eigenvalue weighted by atomic mass is 16.6. The van der Waals surface area contributed by atoms with Gasteiger partial charge < -0.3 is 19.5 Å². The van der Waals surface area contributed by atoms with E-state index in [2.05, 4.69) is 46.2 Å². The zero-order valence-corrected chi connectivity index (χ0v) is 18.2. The summed E-state index contributed by atoms with van der Waals surface area (Å²) in [4.78, 5) is 23.3. The van der Waals surface area contributed by atoms with E-state index in [1.165, 1.54) is 29.4 Å². The highest BCUT2D eigenvalue weighted by Gasteiger charge is 2.28. The molecular weight excluding hydrogens is 418 g/mol. The van der Waals surface area contributed by atoms with Crippen LogP contribution in [0, 0.1) is 11.8 Å². The van der Waals surface area contributed by atoms with Gasteiger partial charge in [-0.3, -0.25) is 0 Å². The maximum absolute atomic E-state index is 12.2. The van der Waals surface area contributed by atoms with Crippen LogP contribution in [0.25, 0.3) is 11.1 Å². The molecule has 0 heterocycles. The maximum Gasteiger partial charge on any atom is 0.407 e. The Balaban J connectivity index is 1.26. The molecule has 0 saturated carbocycles. The molecule has 0 spiro atoms. The molecule has 1 aliphatic rings. The molecule has 1 N–H and O–H groups in total.